The highest BCUT2D eigenvalue weighted by atomic mass is 16.5. The second-order valence-corrected chi connectivity index (χ2v) is 4.48. The standard InChI is InChI=1S/C14H27NO2/c1-2-3-4-5-6-7-8-10-14(13-15)17-12-9-11-16/h14,16H,2-12H2,1H3. The average Bonchev–Trinajstić information content (AvgIpc) is 2.35. The van der Waals surface area contributed by atoms with Crippen molar-refractivity contribution in [2.45, 2.75) is 70.8 Å². The lowest BCUT2D eigenvalue weighted by atomic mass is 10.1. The number of unbranched alkanes of at least 4 members (excludes halogenated alkanes) is 6. The predicted molar refractivity (Wildman–Crippen MR) is 69.7 cm³/mol. The first kappa shape index (κ1) is 16.4. The summed E-state index contributed by atoms with van der Waals surface area (Å²) in [5.74, 6) is 0. The van der Waals surface area contributed by atoms with E-state index in [9.17, 15) is 0 Å². The minimum atomic E-state index is -0.280. The highest BCUT2D eigenvalue weighted by Crippen LogP contribution is 2.11. The Labute approximate surface area is 106 Å². The molecule has 0 spiro atoms. The number of hydrogen-bond donors (Lipinski definition) is 1. The third-order valence-corrected chi connectivity index (χ3v) is 2.84. The molecule has 0 aromatic rings. The Hall–Kier alpha value is -0.590. The minimum absolute atomic E-state index is 0.135. The molecule has 100 valence electrons. The Bertz CT molecular complexity index is 189. The average molecular weight is 241 g/mol. The SMILES string of the molecule is CCCCCCCCCC(C#N)OCCCO. The monoisotopic (exact) mass is 241 g/mol. The van der Waals surface area contributed by atoms with Crippen LogP contribution in [0.15, 0.2) is 0 Å². The fourth-order valence-corrected chi connectivity index (χ4v) is 1.76. The molecule has 3 heteroatoms. The lowest BCUT2D eigenvalue weighted by Crippen LogP contribution is -2.12. The number of aliphatic hydroxyl groups excluding tert-OH is 1. The van der Waals surface area contributed by atoms with Crippen LogP contribution in [0, 0.1) is 11.3 Å². The summed E-state index contributed by atoms with van der Waals surface area (Å²) in [4.78, 5) is 0. The number of nitrogens with zero attached hydrogens (tertiary/aromatic N) is 1. The molecule has 3 nitrogen and oxygen atoms in total. The Morgan fingerprint density at radius 2 is 1.71 bits per heavy atom. The van der Waals surface area contributed by atoms with Crippen LogP contribution in [0.3, 0.4) is 0 Å². The van der Waals surface area contributed by atoms with Crippen LogP contribution in [0.5, 0.6) is 0 Å². The Morgan fingerprint density at radius 3 is 2.29 bits per heavy atom. The normalized spacial score (nSPS) is 12.3. The maximum absolute atomic E-state index is 8.86. The van der Waals surface area contributed by atoms with Crippen LogP contribution in [0.4, 0.5) is 0 Å². The maximum Gasteiger partial charge on any atom is 0.143 e. The topological polar surface area (TPSA) is 53.2 Å². The summed E-state index contributed by atoms with van der Waals surface area (Å²) in [6.45, 7) is 2.85. The molecule has 0 aromatic carbocycles. The van der Waals surface area contributed by atoms with Crippen molar-refractivity contribution in [3.8, 4) is 6.07 Å². The van der Waals surface area contributed by atoms with E-state index in [4.69, 9.17) is 15.1 Å². The third-order valence-electron chi connectivity index (χ3n) is 2.84. The molecule has 0 saturated carbocycles. The van der Waals surface area contributed by atoms with Crippen LogP contribution >= 0.6 is 0 Å². The quantitative estimate of drug-likeness (QED) is 0.533. The molecule has 0 aliphatic heterocycles. The second kappa shape index (κ2) is 13.5. The minimum Gasteiger partial charge on any atom is -0.396 e. The number of aliphatic hydroxyl groups is 1. The molecule has 0 fully saturated rings. The second-order valence-electron chi connectivity index (χ2n) is 4.48. The van der Waals surface area contributed by atoms with E-state index >= 15 is 0 Å². The summed E-state index contributed by atoms with van der Waals surface area (Å²) in [5.41, 5.74) is 0. The van der Waals surface area contributed by atoms with Crippen LogP contribution in [0.2, 0.25) is 0 Å². The Balaban J connectivity index is 3.29. The van der Waals surface area contributed by atoms with Crippen LogP contribution in [0.25, 0.3) is 0 Å². The highest BCUT2D eigenvalue weighted by molar-refractivity contribution is 4.83. The van der Waals surface area contributed by atoms with Gasteiger partial charge in [0.25, 0.3) is 0 Å². The van der Waals surface area contributed by atoms with Crippen molar-refractivity contribution in [3.05, 3.63) is 0 Å². The Kier molecular flexibility index (Phi) is 13.0. The molecule has 0 aliphatic rings. The van der Waals surface area contributed by atoms with E-state index < -0.39 is 0 Å². The first-order chi connectivity index (χ1) is 8.35. The van der Waals surface area contributed by atoms with Gasteiger partial charge in [0.1, 0.15) is 6.10 Å². The lowest BCUT2D eigenvalue weighted by molar-refractivity contribution is 0.0708. The van der Waals surface area contributed by atoms with Gasteiger partial charge in [0.2, 0.25) is 0 Å². The number of nitriles is 1. The molecular formula is C14H27NO2. The molecular weight excluding hydrogens is 214 g/mol. The van der Waals surface area contributed by atoms with E-state index in [1.54, 1.807) is 0 Å². The molecule has 0 rings (SSSR count). The maximum atomic E-state index is 8.86. The van der Waals surface area contributed by atoms with Crippen molar-refractivity contribution in [1.29, 1.82) is 5.26 Å². The zero-order valence-corrected chi connectivity index (χ0v) is 11.2. The van der Waals surface area contributed by atoms with Crippen molar-refractivity contribution in [1.82, 2.24) is 0 Å². The van der Waals surface area contributed by atoms with Crippen molar-refractivity contribution >= 4 is 0 Å². The summed E-state index contributed by atoms with van der Waals surface area (Å²) in [5, 5.41) is 17.5. The van der Waals surface area contributed by atoms with E-state index in [0.717, 1.165) is 12.8 Å². The Morgan fingerprint density at radius 1 is 1.06 bits per heavy atom. The first-order valence-electron chi connectivity index (χ1n) is 6.97. The summed E-state index contributed by atoms with van der Waals surface area (Å²) in [7, 11) is 0. The molecule has 1 atom stereocenters. The van der Waals surface area contributed by atoms with Crippen molar-refractivity contribution in [2.24, 2.45) is 0 Å². The van der Waals surface area contributed by atoms with Crippen LogP contribution in [-0.2, 0) is 4.74 Å². The molecule has 0 bridgehead atoms. The predicted octanol–water partition coefficient (Wildman–Crippen LogP) is 3.42. The first-order valence-corrected chi connectivity index (χ1v) is 6.97. The van der Waals surface area contributed by atoms with E-state index in [0.29, 0.717) is 13.0 Å². The molecule has 0 aromatic heterocycles. The largest absolute Gasteiger partial charge is 0.396 e. The van der Waals surface area contributed by atoms with Gasteiger partial charge in [-0.25, -0.2) is 0 Å². The van der Waals surface area contributed by atoms with Crippen LogP contribution in [-0.4, -0.2) is 24.4 Å². The zero-order valence-electron chi connectivity index (χ0n) is 11.2. The van der Waals surface area contributed by atoms with Gasteiger partial charge in [0.05, 0.1) is 12.7 Å². The van der Waals surface area contributed by atoms with Crippen molar-refractivity contribution in [3.63, 3.8) is 0 Å². The molecule has 1 N–H and O–H groups in total. The summed E-state index contributed by atoms with van der Waals surface area (Å²) in [6.07, 6.45) is 9.99. The van der Waals surface area contributed by atoms with Crippen LogP contribution in [0.1, 0.15) is 64.7 Å². The van der Waals surface area contributed by atoms with Gasteiger partial charge < -0.3 is 9.84 Å². The number of ether oxygens (including phenoxy) is 1. The van der Waals surface area contributed by atoms with Gasteiger partial charge >= 0.3 is 0 Å². The van der Waals surface area contributed by atoms with Gasteiger partial charge in [0.15, 0.2) is 0 Å². The van der Waals surface area contributed by atoms with E-state index in [-0.39, 0.29) is 12.7 Å². The molecule has 0 heterocycles. The third kappa shape index (κ3) is 11.7. The lowest BCUT2D eigenvalue weighted by Gasteiger charge is -2.09. The van der Waals surface area contributed by atoms with Gasteiger partial charge in [-0.05, 0) is 19.3 Å². The zero-order chi connectivity index (χ0) is 12.8. The summed E-state index contributed by atoms with van der Waals surface area (Å²) in [6, 6.07) is 2.17. The smallest absolute Gasteiger partial charge is 0.143 e. The fraction of sp³-hybridized carbons (Fsp3) is 0.929. The summed E-state index contributed by atoms with van der Waals surface area (Å²) >= 11 is 0. The van der Waals surface area contributed by atoms with Crippen LogP contribution < -0.4 is 0 Å². The fourth-order valence-electron chi connectivity index (χ4n) is 1.76. The molecule has 1 unspecified atom stereocenters. The molecule has 0 radical (unpaired) electrons. The van der Waals surface area contributed by atoms with E-state index in [2.05, 4.69) is 13.0 Å². The van der Waals surface area contributed by atoms with Crippen molar-refractivity contribution in [2.75, 3.05) is 13.2 Å². The molecule has 17 heavy (non-hydrogen) atoms. The van der Waals surface area contributed by atoms with Crippen molar-refractivity contribution < 1.29 is 9.84 Å². The molecule has 0 aliphatic carbocycles. The van der Waals surface area contributed by atoms with E-state index in [1.807, 2.05) is 0 Å². The molecule has 0 amide bonds. The summed E-state index contributed by atoms with van der Waals surface area (Å²) < 4.78 is 5.36. The molecule has 0 saturated heterocycles. The van der Waals surface area contributed by atoms with Gasteiger partial charge in [-0.3, -0.25) is 0 Å². The van der Waals surface area contributed by atoms with Gasteiger partial charge in [0, 0.05) is 6.61 Å². The highest BCUT2D eigenvalue weighted by Gasteiger charge is 2.06. The van der Waals surface area contributed by atoms with E-state index in [1.165, 1.54) is 38.5 Å². The van der Waals surface area contributed by atoms with Gasteiger partial charge in [-0.2, -0.15) is 5.26 Å². The van der Waals surface area contributed by atoms with Gasteiger partial charge in [-0.1, -0.05) is 45.4 Å². The number of hydrogen-bond acceptors (Lipinski definition) is 3. The number of rotatable bonds is 12. The van der Waals surface area contributed by atoms with Gasteiger partial charge in [-0.15, -0.1) is 0 Å².